The number of piperazine rings is 1. The van der Waals surface area contributed by atoms with Gasteiger partial charge in [-0.2, -0.15) is 0 Å². The van der Waals surface area contributed by atoms with Gasteiger partial charge >= 0.3 is 0 Å². The van der Waals surface area contributed by atoms with E-state index in [1.165, 1.54) is 58.0 Å². The molecular formula is C12H25N3S. The summed E-state index contributed by atoms with van der Waals surface area (Å²) in [4.78, 5) is 7.76. The van der Waals surface area contributed by atoms with Crippen molar-refractivity contribution in [2.45, 2.75) is 18.9 Å². The summed E-state index contributed by atoms with van der Waals surface area (Å²) < 4.78 is 0. The van der Waals surface area contributed by atoms with Crippen LogP contribution in [0.5, 0.6) is 0 Å². The molecule has 0 N–H and O–H groups in total. The van der Waals surface area contributed by atoms with Crippen molar-refractivity contribution in [3.63, 3.8) is 0 Å². The molecule has 4 heteroatoms. The summed E-state index contributed by atoms with van der Waals surface area (Å²) in [5, 5.41) is 0. The van der Waals surface area contributed by atoms with Gasteiger partial charge in [0.25, 0.3) is 0 Å². The van der Waals surface area contributed by atoms with Crippen molar-refractivity contribution in [3.8, 4) is 0 Å². The van der Waals surface area contributed by atoms with Crippen LogP contribution in [0, 0.1) is 0 Å². The second-order valence-electron chi connectivity index (χ2n) is 5.11. The van der Waals surface area contributed by atoms with Gasteiger partial charge in [0.15, 0.2) is 0 Å². The quantitative estimate of drug-likeness (QED) is 0.732. The zero-order chi connectivity index (χ0) is 11.4. The molecule has 16 heavy (non-hydrogen) atoms. The van der Waals surface area contributed by atoms with Gasteiger partial charge in [0.05, 0.1) is 0 Å². The minimum absolute atomic E-state index is 0.868. The molecule has 94 valence electrons. The van der Waals surface area contributed by atoms with Gasteiger partial charge in [0, 0.05) is 38.1 Å². The molecule has 0 aliphatic carbocycles. The van der Waals surface area contributed by atoms with Crippen LogP contribution in [0.25, 0.3) is 0 Å². The first-order valence-electron chi connectivity index (χ1n) is 6.43. The Labute approximate surface area is 104 Å². The minimum Gasteiger partial charge on any atom is -0.306 e. The lowest BCUT2D eigenvalue weighted by Gasteiger charge is -2.42. The van der Waals surface area contributed by atoms with Gasteiger partial charge in [0.2, 0.25) is 0 Å². The molecule has 2 aliphatic rings. The molecular weight excluding hydrogens is 218 g/mol. The van der Waals surface area contributed by atoms with Crippen molar-refractivity contribution < 1.29 is 0 Å². The highest BCUT2D eigenvalue weighted by molar-refractivity contribution is 7.98. The average Bonchev–Trinajstić information content (AvgIpc) is 2.32. The highest BCUT2D eigenvalue weighted by Crippen LogP contribution is 2.17. The molecule has 0 radical (unpaired) electrons. The summed E-state index contributed by atoms with van der Waals surface area (Å²) in [6, 6.07) is 0.868. The van der Waals surface area contributed by atoms with Crippen LogP contribution >= 0.6 is 11.8 Å². The topological polar surface area (TPSA) is 9.72 Å². The molecule has 3 nitrogen and oxygen atoms in total. The fraction of sp³-hybridized carbons (Fsp3) is 1.00. The summed E-state index contributed by atoms with van der Waals surface area (Å²) >= 11 is 1.95. The zero-order valence-electron chi connectivity index (χ0n) is 10.7. The van der Waals surface area contributed by atoms with E-state index in [1.54, 1.807) is 0 Å². The molecule has 0 saturated carbocycles. The molecule has 0 unspecified atom stereocenters. The Morgan fingerprint density at radius 1 is 1.00 bits per heavy atom. The van der Waals surface area contributed by atoms with Crippen molar-refractivity contribution in [1.29, 1.82) is 0 Å². The Morgan fingerprint density at radius 3 is 2.19 bits per heavy atom. The maximum Gasteiger partial charge on any atom is 0.0442 e. The normalized spacial score (nSPS) is 27.4. The van der Waals surface area contributed by atoms with Crippen molar-refractivity contribution in [3.05, 3.63) is 0 Å². The van der Waals surface area contributed by atoms with Gasteiger partial charge in [-0.15, -0.1) is 11.8 Å². The maximum atomic E-state index is 2.73. The largest absolute Gasteiger partial charge is 0.306 e. The molecule has 0 aromatic rings. The van der Waals surface area contributed by atoms with Crippen LogP contribution in [0.15, 0.2) is 0 Å². The van der Waals surface area contributed by atoms with E-state index in [0.29, 0.717) is 0 Å². The van der Waals surface area contributed by atoms with Crippen LogP contribution < -0.4 is 0 Å². The number of hydrogen-bond donors (Lipinski definition) is 0. The van der Waals surface area contributed by atoms with Crippen LogP contribution in [0.2, 0.25) is 0 Å². The van der Waals surface area contributed by atoms with Crippen LogP contribution in [0.1, 0.15) is 12.8 Å². The predicted molar refractivity (Wildman–Crippen MR) is 72.0 cm³/mol. The molecule has 0 aromatic carbocycles. The molecule has 0 spiro atoms. The SMILES string of the molecule is CSCN1CCN(C2CCN(C)CC2)CC1. The van der Waals surface area contributed by atoms with Crippen LogP contribution in [-0.4, -0.2) is 79.2 Å². The average molecular weight is 243 g/mol. The summed E-state index contributed by atoms with van der Waals surface area (Å²) in [7, 11) is 2.24. The minimum atomic E-state index is 0.868. The summed E-state index contributed by atoms with van der Waals surface area (Å²) in [5.41, 5.74) is 0. The first-order valence-corrected chi connectivity index (χ1v) is 7.83. The third kappa shape index (κ3) is 3.36. The Morgan fingerprint density at radius 2 is 1.62 bits per heavy atom. The van der Waals surface area contributed by atoms with E-state index in [2.05, 4.69) is 28.0 Å². The highest BCUT2D eigenvalue weighted by atomic mass is 32.2. The zero-order valence-corrected chi connectivity index (χ0v) is 11.5. The lowest BCUT2D eigenvalue weighted by Crippen LogP contribution is -2.52. The third-order valence-electron chi connectivity index (χ3n) is 3.92. The standard InChI is InChI=1S/C12H25N3S/c1-13-5-3-12(4-6-13)15-9-7-14(8-10-15)11-16-2/h12H,3-11H2,1-2H3. The smallest absolute Gasteiger partial charge is 0.0442 e. The monoisotopic (exact) mass is 243 g/mol. The molecule has 2 fully saturated rings. The molecule has 0 aromatic heterocycles. The van der Waals surface area contributed by atoms with E-state index in [4.69, 9.17) is 0 Å². The highest BCUT2D eigenvalue weighted by Gasteiger charge is 2.25. The van der Waals surface area contributed by atoms with E-state index in [1.807, 2.05) is 11.8 Å². The van der Waals surface area contributed by atoms with Crippen molar-refractivity contribution >= 4 is 11.8 Å². The molecule has 2 aliphatic heterocycles. The number of likely N-dealkylation sites (tertiary alicyclic amines) is 1. The first kappa shape index (κ1) is 12.7. The number of nitrogens with zero attached hydrogens (tertiary/aromatic N) is 3. The van der Waals surface area contributed by atoms with Crippen molar-refractivity contribution in [2.24, 2.45) is 0 Å². The summed E-state index contributed by atoms with van der Waals surface area (Å²) in [6.07, 6.45) is 4.95. The molecule has 2 heterocycles. The van der Waals surface area contributed by atoms with Gasteiger partial charge < -0.3 is 4.90 Å². The maximum absolute atomic E-state index is 2.73. The molecule has 0 amide bonds. The number of thioether (sulfide) groups is 1. The summed E-state index contributed by atoms with van der Waals surface area (Å²) in [6.45, 7) is 7.69. The molecule has 0 atom stereocenters. The van der Waals surface area contributed by atoms with E-state index >= 15 is 0 Å². The van der Waals surface area contributed by atoms with Gasteiger partial charge in [-0.3, -0.25) is 9.80 Å². The second kappa shape index (κ2) is 6.24. The Kier molecular flexibility index (Phi) is 4.95. The number of rotatable bonds is 3. The van der Waals surface area contributed by atoms with Gasteiger partial charge in [0.1, 0.15) is 0 Å². The Bertz CT molecular complexity index is 196. The van der Waals surface area contributed by atoms with E-state index in [9.17, 15) is 0 Å². The second-order valence-corrected chi connectivity index (χ2v) is 5.94. The van der Waals surface area contributed by atoms with Gasteiger partial charge in [-0.05, 0) is 39.2 Å². The third-order valence-corrected chi connectivity index (χ3v) is 4.55. The van der Waals surface area contributed by atoms with E-state index in [-0.39, 0.29) is 0 Å². The predicted octanol–water partition coefficient (Wildman–Crippen LogP) is 1.02. The number of piperidine rings is 1. The molecule has 0 bridgehead atoms. The van der Waals surface area contributed by atoms with E-state index < -0.39 is 0 Å². The Balaban J connectivity index is 1.72. The fourth-order valence-corrected chi connectivity index (χ4v) is 3.42. The van der Waals surface area contributed by atoms with Crippen molar-refractivity contribution in [1.82, 2.24) is 14.7 Å². The Hall–Kier alpha value is 0.230. The lowest BCUT2D eigenvalue weighted by molar-refractivity contribution is 0.0721. The van der Waals surface area contributed by atoms with Crippen LogP contribution in [-0.2, 0) is 0 Å². The number of hydrogen-bond acceptors (Lipinski definition) is 4. The van der Waals surface area contributed by atoms with E-state index in [0.717, 1.165) is 6.04 Å². The van der Waals surface area contributed by atoms with Crippen LogP contribution in [0.3, 0.4) is 0 Å². The van der Waals surface area contributed by atoms with Crippen LogP contribution in [0.4, 0.5) is 0 Å². The molecule has 2 saturated heterocycles. The molecule has 2 rings (SSSR count). The van der Waals surface area contributed by atoms with Crippen molar-refractivity contribution in [2.75, 3.05) is 58.4 Å². The van der Waals surface area contributed by atoms with Gasteiger partial charge in [-0.1, -0.05) is 0 Å². The van der Waals surface area contributed by atoms with Gasteiger partial charge in [-0.25, -0.2) is 0 Å². The lowest BCUT2D eigenvalue weighted by atomic mass is 10.0. The summed E-state index contributed by atoms with van der Waals surface area (Å²) in [5.74, 6) is 1.21. The first-order chi connectivity index (χ1) is 7.79. The fourth-order valence-electron chi connectivity index (χ4n) is 2.80.